The van der Waals surface area contributed by atoms with Crippen LogP contribution in [0.15, 0.2) is 205 Å². The van der Waals surface area contributed by atoms with Crippen molar-refractivity contribution in [3.05, 3.63) is 200 Å². The number of hydrogen-bond donors (Lipinski definition) is 0. The summed E-state index contributed by atoms with van der Waals surface area (Å²) < 4.78 is 8.70. The van der Waals surface area contributed by atoms with E-state index in [9.17, 15) is 0 Å². The Morgan fingerprint density at radius 2 is 1.11 bits per heavy atom. The highest BCUT2D eigenvalue weighted by Gasteiger charge is 2.22. The van der Waals surface area contributed by atoms with Crippen molar-refractivity contribution in [2.75, 3.05) is 4.90 Å². The maximum absolute atomic E-state index is 6.29. The molecule has 0 amide bonds. The van der Waals surface area contributed by atoms with Crippen molar-refractivity contribution in [2.24, 2.45) is 0 Å². The van der Waals surface area contributed by atoms with Gasteiger partial charge in [-0.05, 0) is 94.0 Å². The van der Waals surface area contributed by atoms with Gasteiger partial charge in [0.2, 0.25) is 5.89 Å². The topological polar surface area (TPSA) is 34.2 Å². The molecule has 0 aliphatic carbocycles. The van der Waals surface area contributed by atoms with Gasteiger partial charge in [0.05, 0.1) is 16.7 Å². The molecule has 0 atom stereocenters. The molecular weight excluding hydrogens is 671 g/mol. The molecule has 55 heavy (non-hydrogen) atoms. The molecule has 4 nitrogen and oxygen atoms in total. The molecule has 0 radical (unpaired) electrons. The number of anilines is 3. The van der Waals surface area contributed by atoms with E-state index >= 15 is 0 Å². The van der Waals surface area contributed by atoms with Crippen LogP contribution in [0, 0.1) is 0 Å². The van der Waals surface area contributed by atoms with E-state index in [1.165, 1.54) is 32.8 Å². The van der Waals surface area contributed by atoms with E-state index in [4.69, 9.17) is 9.40 Å². The highest BCUT2D eigenvalue weighted by atomic mass is 16.3. The highest BCUT2D eigenvalue weighted by Crippen LogP contribution is 2.44. The van der Waals surface area contributed by atoms with Crippen molar-refractivity contribution in [1.29, 1.82) is 0 Å². The molecule has 0 fully saturated rings. The molecule has 2 aromatic heterocycles. The highest BCUT2D eigenvalue weighted by molar-refractivity contribution is 6.21. The van der Waals surface area contributed by atoms with Gasteiger partial charge in [-0.25, -0.2) is 4.98 Å². The molecule has 0 saturated heterocycles. The molecule has 11 aromatic rings. The van der Waals surface area contributed by atoms with E-state index < -0.39 is 0 Å². The van der Waals surface area contributed by atoms with Crippen LogP contribution in [0.4, 0.5) is 17.1 Å². The lowest BCUT2D eigenvalue weighted by Gasteiger charge is -2.27. The molecule has 0 saturated carbocycles. The molecule has 0 unspecified atom stereocenters. The lowest BCUT2D eigenvalue weighted by Crippen LogP contribution is -2.11. The van der Waals surface area contributed by atoms with Gasteiger partial charge in [-0.1, -0.05) is 133 Å². The predicted octanol–water partition coefficient (Wildman–Crippen LogP) is 14.0. The van der Waals surface area contributed by atoms with Crippen molar-refractivity contribution >= 4 is 71.5 Å². The fourth-order valence-corrected chi connectivity index (χ4v) is 8.34. The van der Waals surface area contributed by atoms with Crippen LogP contribution in [-0.2, 0) is 0 Å². The number of hydrogen-bond acceptors (Lipinski definition) is 3. The second kappa shape index (κ2) is 12.6. The molecule has 4 heteroatoms. The van der Waals surface area contributed by atoms with Gasteiger partial charge in [0.25, 0.3) is 0 Å². The Bertz CT molecular complexity index is 3180. The van der Waals surface area contributed by atoms with Crippen LogP contribution < -0.4 is 4.90 Å². The lowest BCUT2D eigenvalue weighted by atomic mass is 9.94. The standard InChI is InChI=1S/C51H33N3O/c1-4-14-36(15-5-1)51-52-49-47(55-51)33-29-35-28-32-41-40(21-12-22-43(41)48(35)49)34-26-30-39(31-27-34)53(37-16-6-2-7-17-37)46-25-13-23-44-42-20-10-11-24-45(42)54(50(44)46)38-18-8-3-9-19-38/h1-33H. The van der Waals surface area contributed by atoms with E-state index in [2.05, 4.69) is 173 Å². The van der Waals surface area contributed by atoms with Gasteiger partial charge in [-0.15, -0.1) is 0 Å². The number of rotatable bonds is 6. The van der Waals surface area contributed by atoms with E-state index in [0.29, 0.717) is 5.89 Å². The molecule has 0 spiro atoms. The monoisotopic (exact) mass is 703 g/mol. The molecule has 9 aromatic carbocycles. The van der Waals surface area contributed by atoms with Crippen LogP contribution >= 0.6 is 0 Å². The summed E-state index contributed by atoms with van der Waals surface area (Å²) in [5, 5.41) is 7.03. The SMILES string of the molecule is c1ccc(-c2nc3c(ccc4ccc5c(-c6ccc(N(c7ccccc7)c7cccc8c9ccccc9n(-c9ccccc9)c78)cc6)cccc5c43)o2)cc1. The minimum Gasteiger partial charge on any atom is -0.436 e. The average Bonchev–Trinajstić information content (AvgIpc) is 3.85. The van der Waals surface area contributed by atoms with Gasteiger partial charge in [0.1, 0.15) is 5.52 Å². The second-order valence-corrected chi connectivity index (χ2v) is 13.9. The van der Waals surface area contributed by atoms with Crippen molar-refractivity contribution in [3.8, 4) is 28.3 Å². The molecule has 0 aliphatic rings. The first-order valence-corrected chi connectivity index (χ1v) is 18.6. The van der Waals surface area contributed by atoms with Gasteiger partial charge in [0.15, 0.2) is 5.58 Å². The lowest BCUT2D eigenvalue weighted by molar-refractivity contribution is 0.620. The first-order valence-electron chi connectivity index (χ1n) is 18.6. The number of aromatic nitrogens is 2. The Kier molecular flexibility index (Phi) is 7.14. The van der Waals surface area contributed by atoms with Crippen molar-refractivity contribution < 1.29 is 4.42 Å². The molecule has 258 valence electrons. The van der Waals surface area contributed by atoms with Crippen LogP contribution in [0.1, 0.15) is 0 Å². The number of para-hydroxylation sites is 4. The number of fused-ring (bicyclic) bond motifs is 8. The van der Waals surface area contributed by atoms with Gasteiger partial charge < -0.3 is 13.9 Å². The maximum atomic E-state index is 6.29. The zero-order valence-corrected chi connectivity index (χ0v) is 29.8. The van der Waals surface area contributed by atoms with Crippen LogP contribution in [0.5, 0.6) is 0 Å². The smallest absolute Gasteiger partial charge is 0.227 e. The zero-order chi connectivity index (χ0) is 36.3. The predicted molar refractivity (Wildman–Crippen MR) is 229 cm³/mol. The third kappa shape index (κ3) is 5.03. The number of benzene rings is 9. The van der Waals surface area contributed by atoms with Gasteiger partial charge in [-0.3, -0.25) is 0 Å². The minimum atomic E-state index is 0.634. The second-order valence-electron chi connectivity index (χ2n) is 13.9. The first-order chi connectivity index (χ1) is 27.3. The Balaban J connectivity index is 1.07. The molecular formula is C51H33N3O. The maximum Gasteiger partial charge on any atom is 0.227 e. The summed E-state index contributed by atoms with van der Waals surface area (Å²) in [5.41, 5.74) is 11.7. The molecule has 0 bridgehead atoms. The molecule has 0 N–H and O–H groups in total. The van der Waals surface area contributed by atoms with Gasteiger partial charge in [0, 0.05) is 38.8 Å². The Morgan fingerprint density at radius 3 is 1.93 bits per heavy atom. The summed E-state index contributed by atoms with van der Waals surface area (Å²) in [7, 11) is 0. The van der Waals surface area contributed by atoms with Crippen LogP contribution in [0.25, 0.3) is 82.7 Å². The summed E-state index contributed by atoms with van der Waals surface area (Å²) >= 11 is 0. The Morgan fingerprint density at radius 1 is 0.455 bits per heavy atom. The zero-order valence-electron chi connectivity index (χ0n) is 29.8. The Hall–Kier alpha value is -7.43. The van der Waals surface area contributed by atoms with E-state index in [1.54, 1.807) is 0 Å². The quantitative estimate of drug-likeness (QED) is 0.162. The van der Waals surface area contributed by atoms with Gasteiger partial charge >= 0.3 is 0 Å². The minimum absolute atomic E-state index is 0.634. The third-order valence-electron chi connectivity index (χ3n) is 10.8. The van der Waals surface area contributed by atoms with E-state index in [1.807, 2.05) is 36.4 Å². The number of nitrogens with zero attached hydrogens (tertiary/aromatic N) is 3. The van der Waals surface area contributed by atoms with Crippen molar-refractivity contribution in [1.82, 2.24) is 9.55 Å². The van der Waals surface area contributed by atoms with E-state index in [-0.39, 0.29) is 0 Å². The summed E-state index contributed by atoms with van der Waals surface area (Å²) in [6.45, 7) is 0. The van der Waals surface area contributed by atoms with Crippen molar-refractivity contribution in [3.63, 3.8) is 0 Å². The summed E-state index contributed by atoms with van der Waals surface area (Å²) in [5.74, 6) is 0.634. The molecule has 11 rings (SSSR count). The fourth-order valence-electron chi connectivity index (χ4n) is 8.34. The molecule has 0 aliphatic heterocycles. The van der Waals surface area contributed by atoms with E-state index in [0.717, 1.165) is 61.1 Å². The molecule has 2 heterocycles. The summed E-state index contributed by atoms with van der Waals surface area (Å²) in [6.07, 6.45) is 0. The Labute approximate surface area is 317 Å². The summed E-state index contributed by atoms with van der Waals surface area (Å²) in [4.78, 5) is 7.42. The largest absolute Gasteiger partial charge is 0.436 e. The third-order valence-corrected chi connectivity index (χ3v) is 10.8. The first kappa shape index (κ1) is 31.1. The average molecular weight is 704 g/mol. The normalized spacial score (nSPS) is 11.6. The number of oxazole rings is 1. The van der Waals surface area contributed by atoms with Crippen LogP contribution in [-0.4, -0.2) is 9.55 Å². The van der Waals surface area contributed by atoms with Crippen LogP contribution in [0.2, 0.25) is 0 Å². The fraction of sp³-hybridized carbons (Fsp3) is 0. The van der Waals surface area contributed by atoms with Crippen molar-refractivity contribution in [2.45, 2.75) is 0 Å². The van der Waals surface area contributed by atoms with Crippen LogP contribution in [0.3, 0.4) is 0 Å². The summed E-state index contributed by atoms with van der Waals surface area (Å²) in [6, 6.07) is 71.0. The van der Waals surface area contributed by atoms with Gasteiger partial charge in [-0.2, -0.15) is 0 Å².